The minimum absolute atomic E-state index is 0.107. The number of aromatic nitrogens is 2. The number of benzene rings is 1. The summed E-state index contributed by atoms with van der Waals surface area (Å²) in [5, 5.41) is 0. The summed E-state index contributed by atoms with van der Waals surface area (Å²) in [6.07, 6.45) is 6.88. The van der Waals surface area contributed by atoms with Crippen molar-refractivity contribution in [2.24, 2.45) is 11.7 Å². The third kappa shape index (κ3) is 3.26. The van der Waals surface area contributed by atoms with E-state index >= 15 is 0 Å². The van der Waals surface area contributed by atoms with E-state index in [1.807, 2.05) is 6.07 Å². The smallest absolute Gasteiger partial charge is 0.0890 e. The van der Waals surface area contributed by atoms with Crippen molar-refractivity contribution < 1.29 is 0 Å². The lowest BCUT2D eigenvalue weighted by Gasteiger charge is -2.13. The Labute approximate surface area is 108 Å². The van der Waals surface area contributed by atoms with E-state index in [0.717, 1.165) is 28.9 Å². The molecule has 0 radical (unpaired) electrons. The molecule has 1 aromatic heterocycles. The highest BCUT2D eigenvalue weighted by Gasteiger charge is 2.07. The summed E-state index contributed by atoms with van der Waals surface area (Å²) in [5.74, 6) is 0.750. The van der Waals surface area contributed by atoms with Crippen LogP contribution in [-0.4, -0.2) is 9.97 Å². The second-order valence-corrected chi connectivity index (χ2v) is 5.24. The summed E-state index contributed by atoms with van der Waals surface area (Å²) in [6.45, 7) is 4.49. The molecule has 1 aromatic carbocycles. The first-order chi connectivity index (χ1) is 8.66. The van der Waals surface area contributed by atoms with Gasteiger partial charge in [0, 0.05) is 18.4 Å². The van der Waals surface area contributed by atoms with Gasteiger partial charge in [-0.3, -0.25) is 9.97 Å². The molecule has 0 aliphatic carbocycles. The zero-order valence-electron chi connectivity index (χ0n) is 11.1. The van der Waals surface area contributed by atoms with Gasteiger partial charge in [-0.05, 0) is 30.0 Å². The number of fused-ring (bicyclic) bond motifs is 1. The van der Waals surface area contributed by atoms with Crippen molar-refractivity contribution in [3.05, 3.63) is 36.2 Å². The van der Waals surface area contributed by atoms with Crippen LogP contribution in [0.15, 0.2) is 30.6 Å². The van der Waals surface area contributed by atoms with Crippen LogP contribution in [0.4, 0.5) is 0 Å². The van der Waals surface area contributed by atoms with Crippen molar-refractivity contribution in [1.29, 1.82) is 0 Å². The van der Waals surface area contributed by atoms with Crippen LogP contribution in [0.1, 0.15) is 44.7 Å². The highest BCUT2D eigenvalue weighted by molar-refractivity contribution is 5.74. The molecule has 3 heteroatoms. The molecule has 0 saturated carbocycles. The molecule has 0 bridgehead atoms. The van der Waals surface area contributed by atoms with Crippen LogP contribution < -0.4 is 5.73 Å². The highest BCUT2D eigenvalue weighted by Crippen LogP contribution is 2.21. The molecule has 3 nitrogen and oxygen atoms in total. The van der Waals surface area contributed by atoms with Gasteiger partial charge in [0.05, 0.1) is 11.0 Å². The van der Waals surface area contributed by atoms with Crippen LogP contribution in [0.2, 0.25) is 0 Å². The Hall–Kier alpha value is -1.48. The third-order valence-corrected chi connectivity index (χ3v) is 3.22. The number of nitrogens with two attached hydrogens (primary N) is 1. The van der Waals surface area contributed by atoms with Gasteiger partial charge in [-0.25, -0.2) is 0 Å². The fraction of sp³-hybridized carbons (Fsp3) is 0.467. The minimum Gasteiger partial charge on any atom is -0.324 e. The predicted octanol–water partition coefficient (Wildman–Crippen LogP) is 3.46. The van der Waals surface area contributed by atoms with Gasteiger partial charge in [-0.2, -0.15) is 0 Å². The Morgan fingerprint density at radius 1 is 1.06 bits per heavy atom. The average molecular weight is 243 g/mol. The van der Waals surface area contributed by atoms with Gasteiger partial charge in [0.1, 0.15) is 0 Å². The summed E-state index contributed by atoms with van der Waals surface area (Å²) < 4.78 is 0. The molecule has 2 N–H and O–H groups in total. The highest BCUT2D eigenvalue weighted by atomic mass is 14.8. The van der Waals surface area contributed by atoms with Crippen LogP contribution in [0.5, 0.6) is 0 Å². The molecule has 2 rings (SSSR count). The molecule has 1 heterocycles. The quantitative estimate of drug-likeness (QED) is 0.875. The summed E-state index contributed by atoms with van der Waals surface area (Å²) in [7, 11) is 0. The van der Waals surface area contributed by atoms with Crippen molar-refractivity contribution in [3.8, 4) is 0 Å². The minimum atomic E-state index is 0.107. The van der Waals surface area contributed by atoms with E-state index in [2.05, 4.69) is 35.9 Å². The third-order valence-electron chi connectivity index (χ3n) is 3.22. The molecule has 0 saturated heterocycles. The molecule has 0 fully saturated rings. The normalized spacial score (nSPS) is 13.1. The monoisotopic (exact) mass is 243 g/mol. The largest absolute Gasteiger partial charge is 0.324 e. The van der Waals surface area contributed by atoms with Gasteiger partial charge in [-0.15, -0.1) is 0 Å². The molecule has 18 heavy (non-hydrogen) atoms. The number of hydrogen-bond acceptors (Lipinski definition) is 3. The molecule has 2 aromatic rings. The Bertz CT molecular complexity index is 508. The number of nitrogens with zero attached hydrogens (tertiary/aromatic N) is 2. The second kappa shape index (κ2) is 5.91. The Balaban J connectivity index is 2.06. The first-order valence-electron chi connectivity index (χ1n) is 6.63. The van der Waals surface area contributed by atoms with Crippen molar-refractivity contribution in [2.45, 2.75) is 39.2 Å². The van der Waals surface area contributed by atoms with Gasteiger partial charge in [0.25, 0.3) is 0 Å². The topological polar surface area (TPSA) is 51.8 Å². The van der Waals surface area contributed by atoms with Crippen LogP contribution in [0, 0.1) is 5.92 Å². The lowest BCUT2D eigenvalue weighted by molar-refractivity contribution is 0.505. The summed E-state index contributed by atoms with van der Waals surface area (Å²) in [6, 6.07) is 6.23. The molecular weight excluding hydrogens is 222 g/mol. The molecular formula is C15H21N3. The maximum atomic E-state index is 6.22. The number of hydrogen-bond donors (Lipinski definition) is 1. The van der Waals surface area contributed by atoms with Crippen molar-refractivity contribution in [1.82, 2.24) is 9.97 Å². The number of rotatable bonds is 5. The first-order valence-corrected chi connectivity index (χ1v) is 6.63. The second-order valence-electron chi connectivity index (χ2n) is 5.24. The molecule has 0 amide bonds. The van der Waals surface area contributed by atoms with Crippen molar-refractivity contribution in [3.63, 3.8) is 0 Å². The molecule has 96 valence electrons. The van der Waals surface area contributed by atoms with Crippen LogP contribution in [0.3, 0.4) is 0 Å². The van der Waals surface area contributed by atoms with E-state index in [9.17, 15) is 0 Å². The SMILES string of the molecule is CC(C)CCCC(N)c1ccc2nccnc2c1. The van der Waals surface area contributed by atoms with E-state index in [1.54, 1.807) is 12.4 Å². The van der Waals surface area contributed by atoms with Gasteiger partial charge in [0.2, 0.25) is 0 Å². The van der Waals surface area contributed by atoms with Crippen LogP contribution in [-0.2, 0) is 0 Å². The van der Waals surface area contributed by atoms with E-state index in [1.165, 1.54) is 12.8 Å². The zero-order valence-corrected chi connectivity index (χ0v) is 11.1. The van der Waals surface area contributed by atoms with Crippen LogP contribution >= 0.6 is 0 Å². The average Bonchev–Trinajstić information content (AvgIpc) is 2.37. The standard InChI is InChI=1S/C15H21N3/c1-11(2)4-3-5-13(16)12-6-7-14-15(10-12)18-9-8-17-14/h6-11,13H,3-5,16H2,1-2H3. The zero-order chi connectivity index (χ0) is 13.0. The van der Waals surface area contributed by atoms with Gasteiger partial charge < -0.3 is 5.73 Å². The van der Waals surface area contributed by atoms with Gasteiger partial charge >= 0.3 is 0 Å². The fourth-order valence-corrected chi connectivity index (χ4v) is 2.12. The first kappa shape index (κ1) is 13.0. The maximum absolute atomic E-state index is 6.22. The molecule has 0 aliphatic heterocycles. The van der Waals surface area contributed by atoms with Gasteiger partial charge in [0.15, 0.2) is 0 Å². The van der Waals surface area contributed by atoms with E-state index < -0.39 is 0 Å². The molecule has 1 atom stereocenters. The molecule has 0 spiro atoms. The van der Waals surface area contributed by atoms with Crippen molar-refractivity contribution in [2.75, 3.05) is 0 Å². The fourth-order valence-electron chi connectivity index (χ4n) is 2.12. The van der Waals surface area contributed by atoms with E-state index in [0.29, 0.717) is 0 Å². The summed E-state index contributed by atoms with van der Waals surface area (Å²) >= 11 is 0. The summed E-state index contributed by atoms with van der Waals surface area (Å²) in [5.41, 5.74) is 9.23. The lowest BCUT2D eigenvalue weighted by atomic mass is 9.98. The van der Waals surface area contributed by atoms with E-state index in [-0.39, 0.29) is 6.04 Å². The Morgan fingerprint density at radius 3 is 2.50 bits per heavy atom. The molecule has 1 unspecified atom stereocenters. The Kier molecular flexibility index (Phi) is 4.26. The molecule has 0 aliphatic rings. The summed E-state index contributed by atoms with van der Waals surface area (Å²) in [4.78, 5) is 8.58. The van der Waals surface area contributed by atoms with Gasteiger partial charge in [-0.1, -0.05) is 32.8 Å². The van der Waals surface area contributed by atoms with Crippen molar-refractivity contribution >= 4 is 11.0 Å². The lowest BCUT2D eigenvalue weighted by Crippen LogP contribution is -2.10. The predicted molar refractivity (Wildman–Crippen MR) is 75.2 cm³/mol. The van der Waals surface area contributed by atoms with E-state index in [4.69, 9.17) is 5.73 Å². The maximum Gasteiger partial charge on any atom is 0.0890 e. The van der Waals surface area contributed by atoms with Crippen LogP contribution in [0.25, 0.3) is 11.0 Å². The Morgan fingerprint density at radius 2 is 1.78 bits per heavy atom.